The molecule has 8 heteroatoms. The van der Waals surface area contributed by atoms with Crippen LogP contribution in [-0.2, 0) is 18.3 Å². The first-order chi connectivity index (χ1) is 11.9. The van der Waals surface area contributed by atoms with E-state index in [1.807, 2.05) is 0 Å². The van der Waals surface area contributed by atoms with Gasteiger partial charge in [-0.3, -0.25) is 0 Å². The van der Waals surface area contributed by atoms with Gasteiger partial charge < -0.3 is 28.5 Å². The van der Waals surface area contributed by atoms with Gasteiger partial charge in [0.05, 0.1) is 6.61 Å². The van der Waals surface area contributed by atoms with Crippen LogP contribution in [0.1, 0.15) is 41.5 Å². The second-order valence-electron chi connectivity index (χ2n) is 10.7. The maximum Gasteiger partial charge on any atom is 0.192 e. The molecule has 5 atom stereocenters. The SMILES string of the molecule is CO[C@@H]1O[C@H](CO[Si](C)(C)C(C)(C)C)[C@@H](O[Si](C)(C)C(C)(C)C)[C@H](O)[C@H]1O. The van der Waals surface area contributed by atoms with Crippen molar-refractivity contribution in [2.45, 2.75) is 109 Å². The van der Waals surface area contributed by atoms with Gasteiger partial charge in [0, 0.05) is 7.11 Å². The van der Waals surface area contributed by atoms with Crippen LogP contribution in [0.5, 0.6) is 0 Å². The van der Waals surface area contributed by atoms with E-state index in [2.05, 4.69) is 67.7 Å². The minimum Gasteiger partial charge on any atom is -0.414 e. The monoisotopic (exact) mass is 422 g/mol. The lowest BCUT2D eigenvalue weighted by Crippen LogP contribution is -2.63. The fraction of sp³-hybridized carbons (Fsp3) is 1.00. The Balaban J connectivity index is 3.07. The smallest absolute Gasteiger partial charge is 0.192 e. The summed E-state index contributed by atoms with van der Waals surface area (Å²) in [6.45, 7) is 21.9. The molecule has 6 nitrogen and oxygen atoms in total. The van der Waals surface area contributed by atoms with Crippen LogP contribution in [-0.4, -0.2) is 71.3 Å². The summed E-state index contributed by atoms with van der Waals surface area (Å²) in [6.07, 6.45) is -4.30. The molecule has 0 unspecified atom stereocenters. The van der Waals surface area contributed by atoms with Crippen LogP contribution >= 0.6 is 0 Å². The zero-order valence-electron chi connectivity index (χ0n) is 19.1. The van der Waals surface area contributed by atoms with E-state index >= 15 is 0 Å². The number of ether oxygens (including phenoxy) is 2. The second kappa shape index (κ2) is 8.51. The highest BCUT2D eigenvalue weighted by molar-refractivity contribution is 6.74. The van der Waals surface area contributed by atoms with Crippen LogP contribution in [0.25, 0.3) is 0 Å². The molecule has 162 valence electrons. The maximum absolute atomic E-state index is 10.8. The third-order valence-corrected chi connectivity index (χ3v) is 15.5. The van der Waals surface area contributed by atoms with Crippen LogP contribution in [0.2, 0.25) is 36.3 Å². The molecule has 0 saturated carbocycles. The lowest BCUT2D eigenvalue weighted by atomic mass is 9.99. The zero-order valence-corrected chi connectivity index (χ0v) is 21.1. The predicted molar refractivity (Wildman–Crippen MR) is 113 cm³/mol. The summed E-state index contributed by atoms with van der Waals surface area (Å²) < 4.78 is 24.0. The molecule has 27 heavy (non-hydrogen) atoms. The predicted octanol–water partition coefficient (Wildman–Crippen LogP) is 3.49. The minimum atomic E-state index is -2.19. The summed E-state index contributed by atoms with van der Waals surface area (Å²) in [6, 6.07) is 0. The standard InChI is InChI=1S/C19H42O6Si2/c1-18(2,3)26(8,9)23-12-13-16(25-27(10,11)19(4,5)6)14(20)15(21)17(22-7)24-13/h13-17,20-21H,12H2,1-11H3/t13-,14-,15-,16-,17-/m1/s1. The zero-order chi connectivity index (χ0) is 21.4. The average Bonchev–Trinajstić information content (AvgIpc) is 2.48. The molecule has 0 aliphatic carbocycles. The van der Waals surface area contributed by atoms with Crippen molar-refractivity contribution in [1.29, 1.82) is 0 Å². The normalized spacial score (nSPS) is 31.2. The number of aliphatic hydroxyl groups is 2. The van der Waals surface area contributed by atoms with Gasteiger partial charge in [0.2, 0.25) is 0 Å². The summed E-state index contributed by atoms with van der Waals surface area (Å²) in [5.74, 6) is 0. The van der Waals surface area contributed by atoms with Crippen molar-refractivity contribution >= 4 is 16.6 Å². The van der Waals surface area contributed by atoms with Gasteiger partial charge in [-0.2, -0.15) is 0 Å². The third-order valence-electron chi connectivity index (χ3n) is 6.52. The molecule has 1 saturated heterocycles. The van der Waals surface area contributed by atoms with Gasteiger partial charge in [-0.1, -0.05) is 41.5 Å². The van der Waals surface area contributed by atoms with E-state index in [1.165, 1.54) is 7.11 Å². The van der Waals surface area contributed by atoms with Crippen molar-refractivity contribution in [3.05, 3.63) is 0 Å². The van der Waals surface area contributed by atoms with Crippen molar-refractivity contribution in [1.82, 2.24) is 0 Å². The summed E-state index contributed by atoms with van der Waals surface area (Å²) in [7, 11) is -2.72. The Kier molecular flexibility index (Phi) is 7.95. The Bertz CT molecular complexity index is 484. The van der Waals surface area contributed by atoms with Crippen molar-refractivity contribution in [3.8, 4) is 0 Å². The first-order valence-corrected chi connectivity index (χ1v) is 15.6. The van der Waals surface area contributed by atoms with E-state index in [0.29, 0.717) is 6.61 Å². The molecule has 1 fully saturated rings. The number of methoxy groups -OCH3 is 1. The molecule has 0 radical (unpaired) electrons. The van der Waals surface area contributed by atoms with Gasteiger partial charge in [0.15, 0.2) is 22.9 Å². The topological polar surface area (TPSA) is 77.4 Å². The summed E-state index contributed by atoms with van der Waals surface area (Å²) >= 11 is 0. The van der Waals surface area contributed by atoms with Gasteiger partial charge in [0.1, 0.15) is 24.4 Å². The lowest BCUT2D eigenvalue weighted by Gasteiger charge is -2.48. The molecule has 1 heterocycles. The van der Waals surface area contributed by atoms with E-state index in [1.54, 1.807) is 0 Å². The van der Waals surface area contributed by atoms with Crippen LogP contribution < -0.4 is 0 Å². The maximum atomic E-state index is 10.8. The molecule has 2 N–H and O–H groups in total. The van der Waals surface area contributed by atoms with E-state index in [0.717, 1.165) is 0 Å². The van der Waals surface area contributed by atoms with Crippen LogP contribution in [0.4, 0.5) is 0 Å². The van der Waals surface area contributed by atoms with Crippen molar-refractivity contribution < 1.29 is 28.5 Å². The molecule has 0 spiro atoms. The summed E-state index contributed by atoms with van der Waals surface area (Å²) in [5.41, 5.74) is 0. The molecule has 0 aromatic rings. The summed E-state index contributed by atoms with van der Waals surface area (Å²) in [5, 5.41) is 21.2. The molecule has 1 aliphatic rings. The Morgan fingerprint density at radius 2 is 1.33 bits per heavy atom. The summed E-state index contributed by atoms with van der Waals surface area (Å²) in [4.78, 5) is 0. The van der Waals surface area contributed by atoms with Gasteiger partial charge in [-0.05, 0) is 36.3 Å². The van der Waals surface area contributed by atoms with Gasteiger partial charge in [-0.15, -0.1) is 0 Å². The molecule has 0 aromatic heterocycles. The fourth-order valence-electron chi connectivity index (χ4n) is 2.40. The van der Waals surface area contributed by atoms with E-state index in [9.17, 15) is 10.2 Å². The van der Waals surface area contributed by atoms with E-state index < -0.39 is 47.3 Å². The largest absolute Gasteiger partial charge is 0.414 e. The van der Waals surface area contributed by atoms with Gasteiger partial charge in [-0.25, -0.2) is 0 Å². The molecule has 0 bridgehead atoms. The number of hydrogen-bond donors (Lipinski definition) is 2. The van der Waals surface area contributed by atoms with Crippen LogP contribution in [0.3, 0.4) is 0 Å². The Hall–Kier alpha value is 0.194. The molecule has 0 amide bonds. The highest BCUT2D eigenvalue weighted by atomic mass is 28.4. The van der Waals surface area contributed by atoms with Crippen molar-refractivity contribution in [3.63, 3.8) is 0 Å². The number of rotatable bonds is 6. The lowest BCUT2D eigenvalue weighted by molar-refractivity contribution is -0.291. The molecule has 1 rings (SSSR count). The highest BCUT2D eigenvalue weighted by Gasteiger charge is 2.50. The molecular formula is C19H42O6Si2. The Morgan fingerprint density at radius 3 is 1.74 bits per heavy atom. The average molecular weight is 423 g/mol. The van der Waals surface area contributed by atoms with Gasteiger partial charge in [0.25, 0.3) is 0 Å². The highest BCUT2D eigenvalue weighted by Crippen LogP contribution is 2.40. The molecule has 1 aliphatic heterocycles. The Morgan fingerprint density at radius 1 is 0.852 bits per heavy atom. The first kappa shape index (κ1) is 25.2. The van der Waals surface area contributed by atoms with Gasteiger partial charge >= 0.3 is 0 Å². The molecular weight excluding hydrogens is 380 g/mol. The quantitative estimate of drug-likeness (QED) is 0.638. The van der Waals surface area contributed by atoms with Crippen molar-refractivity contribution in [2.75, 3.05) is 13.7 Å². The van der Waals surface area contributed by atoms with Crippen LogP contribution in [0, 0.1) is 0 Å². The first-order valence-electron chi connectivity index (χ1n) is 9.81. The number of hydrogen-bond acceptors (Lipinski definition) is 6. The van der Waals surface area contributed by atoms with E-state index in [4.69, 9.17) is 18.3 Å². The van der Waals surface area contributed by atoms with Crippen molar-refractivity contribution in [2.24, 2.45) is 0 Å². The third kappa shape index (κ3) is 5.85. The number of aliphatic hydroxyl groups excluding tert-OH is 2. The molecule has 0 aromatic carbocycles. The fourth-order valence-corrected chi connectivity index (χ4v) is 4.74. The minimum absolute atomic E-state index is 0.0272. The van der Waals surface area contributed by atoms with Crippen LogP contribution in [0.15, 0.2) is 0 Å². The second-order valence-corrected chi connectivity index (χ2v) is 20.2. The van der Waals surface area contributed by atoms with E-state index in [-0.39, 0.29) is 10.1 Å². The Labute approximate surface area is 167 Å².